The van der Waals surface area contributed by atoms with Crippen LogP contribution in [0.1, 0.15) is 37.7 Å². The van der Waals surface area contributed by atoms with E-state index >= 15 is 0 Å². The first-order valence-electron chi connectivity index (χ1n) is 11.3. The van der Waals surface area contributed by atoms with Crippen molar-refractivity contribution in [2.24, 2.45) is 0 Å². The molecule has 3 aliphatic rings. The maximum atomic E-state index is 13.3. The van der Waals surface area contributed by atoms with Crippen LogP contribution in [0, 0.1) is 18.6 Å². The molecule has 2 amide bonds. The Morgan fingerprint density at radius 2 is 1.50 bits per heavy atom. The number of ether oxygens (including phenoxy) is 2. The molecule has 5 rings (SSSR count). The first kappa shape index (κ1) is 23.9. The van der Waals surface area contributed by atoms with Gasteiger partial charge in [-0.3, -0.25) is 9.59 Å². The van der Waals surface area contributed by atoms with E-state index in [0.717, 1.165) is 17.7 Å². The molecule has 0 aromatic heterocycles. The minimum atomic E-state index is -1.06. The molecule has 1 atom stereocenters. The van der Waals surface area contributed by atoms with E-state index < -0.39 is 41.3 Å². The highest BCUT2D eigenvalue weighted by Crippen LogP contribution is 2.47. The van der Waals surface area contributed by atoms with Gasteiger partial charge in [-0.05, 0) is 63.3 Å². The van der Waals surface area contributed by atoms with Crippen molar-refractivity contribution in [2.45, 2.75) is 56.2 Å². The monoisotopic (exact) mass is 474 g/mol. The zero-order valence-electron chi connectivity index (χ0n) is 18.9. The average molecular weight is 475 g/mol. The van der Waals surface area contributed by atoms with Crippen LogP contribution in [0.25, 0.3) is 0 Å². The molecule has 2 aromatic rings. The van der Waals surface area contributed by atoms with E-state index in [1.807, 2.05) is 19.1 Å². The minimum absolute atomic E-state index is 0.0361. The average Bonchev–Trinajstić information content (AvgIpc) is 2.81. The fraction of sp³-hybridized carbons (Fsp3) is 0.440. The lowest BCUT2D eigenvalue weighted by Gasteiger charge is -2.56. The van der Waals surface area contributed by atoms with Crippen molar-refractivity contribution in [1.82, 2.24) is 10.6 Å². The van der Waals surface area contributed by atoms with Gasteiger partial charge in [0.25, 0.3) is 11.8 Å². The lowest BCUT2D eigenvalue weighted by atomic mass is 9.60. The Balaban J connectivity index is 1.27. The van der Waals surface area contributed by atoms with Crippen molar-refractivity contribution in [3.8, 4) is 11.5 Å². The molecule has 3 N–H and O–H groups in total. The van der Waals surface area contributed by atoms with Crippen LogP contribution in [-0.2, 0) is 9.59 Å². The third-order valence-electron chi connectivity index (χ3n) is 6.77. The molecule has 2 bridgehead atoms. The van der Waals surface area contributed by atoms with Gasteiger partial charge in [0.05, 0.1) is 11.6 Å². The van der Waals surface area contributed by atoms with Crippen molar-refractivity contribution in [3.63, 3.8) is 0 Å². The fourth-order valence-electron chi connectivity index (χ4n) is 4.81. The summed E-state index contributed by atoms with van der Waals surface area (Å²) >= 11 is 0. The van der Waals surface area contributed by atoms with E-state index in [2.05, 4.69) is 10.6 Å². The van der Waals surface area contributed by atoms with Gasteiger partial charge in [-0.2, -0.15) is 0 Å². The van der Waals surface area contributed by atoms with Gasteiger partial charge >= 0.3 is 0 Å². The van der Waals surface area contributed by atoms with E-state index in [1.54, 1.807) is 12.1 Å². The van der Waals surface area contributed by atoms with Crippen LogP contribution in [0.4, 0.5) is 8.78 Å². The van der Waals surface area contributed by atoms with Crippen molar-refractivity contribution in [2.75, 3.05) is 13.2 Å². The number of rotatable bonds is 8. The van der Waals surface area contributed by atoms with Crippen molar-refractivity contribution >= 4 is 11.8 Å². The fourth-order valence-corrected chi connectivity index (χ4v) is 4.81. The molecule has 0 spiro atoms. The maximum absolute atomic E-state index is 13.3. The highest BCUT2D eigenvalue weighted by atomic mass is 19.2. The molecular weight excluding hydrogens is 446 g/mol. The van der Waals surface area contributed by atoms with Gasteiger partial charge in [0.15, 0.2) is 24.8 Å². The summed E-state index contributed by atoms with van der Waals surface area (Å²) in [6.07, 6.45) is 1.65. The standard InChI is InChI=1S/C25H28F2N2O5/c1-16-2-4-17(5-3-16)33-14-22(31)28-24-8-10-25(11-9-24,21(30)13-24)29-23(32)15-34-18-6-7-19(26)20(27)12-18/h2-7,12,21,30H,8-11,13-15H2,1H3,(H,28,31)(H,29,32)/t21-,24?,25?/m0/s1. The minimum Gasteiger partial charge on any atom is -0.484 e. The molecule has 7 nitrogen and oxygen atoms in total. The van der Waals surface area contributed by atoms with Gasteiger partial charge in [-0.25, -0.2) is 8.78 Å². The van der Waals surface area contributed by atoms with E-state index in [-0.39, 0.29) is 18.3 Å². The predicted octanol–water partition coefficient (Wildman–Crippen LogP) is 2.78. The summed E-state index contributed by atoms with van der Waals surface area (Å²) in [7, 11) is 0. The molecule has 9 heteroatoms. The number of aliphatic hydroxyl groups excluding tert-OH is 1. The Hall–Kier alpha value is -3.20. The Bertz CT molecular complexity index is 1050. The Kier molecular flexibility index (Phi) is 6.74. The summed E-state index contributed by atoms with van der Waals surface area (Å²) in [6.45, 7) is 1.46. The van der Waals surface area contributed by atoms with Crippen LogP contribution in [-0.4, -0.2) is 47.3 Å². The Labute approximate surface area is 196 Å². The number of fused-ring (bicyclic) bond motifs is 3. The molecule has 0 saturated heterocycles. The lowest BCUT2D eigenvalue weighted by Crippen LogP contribution is -2.70. The summed E-state index contributed by atoms with van der Waals surface area (Å²) < 4.78 is 37.1. The normalized spacial score (nSPS) is 25.5. The van der Waals surface area contributed by atoms with Gasteiger partial charge < -0.3 is 25.2 Å². The number of hydrogen-bond acceptors (Lipinski definition) is 5. The molecule has 0 unspecified atom stereocenters. The van der Waals surface area contributed by atoms with Crippen LogP contribution in [0.15, 0.2) is 42.5 Å². The molecule has 34 heavy (non-hydrogen) atoms. The van der Waals surface area contributed by atoms with E-state index in [1.165, 1.54) is 6.07 Å². The number of hydrogen-bond donors (Lipinski definition) is 3. The van der Waals surface area contributed by atoms with Gasteiger partial charge in [-0.1, -0.05) is 17.7 Å². The molecule has 2 aromatic carbocycles. The molecule has 3 fully saturated rings. The molecule has 182 valence electrons. The maximum Gasteiger partial charge on any atom is 0.258 e. The summed E-state index contributed by atoms with van der Waals surface area (Å²) in [5, 5.41) is 16.7. The number of aliphatic hydroxyl groups is 1. The highest BCUT2D eigenvalue weighted by molar-refractivity contribution is 5.79. The Morgan fingerprint density at radius 1 is 0.912 bits per heavy atom. The number of carbonyl (C=O) groups excluding carboxylic acids is 2. The van der Waals surface area contributed by atoms with Crippen LogP contribution in [0.2, 0.25) is 0 Å². The van der Waals surface area contributed by atoms with Gasteiger partial charge in [0.2, 0.25) is 0 Å². The lowest BCUT2D eigenvalue weighted by molar-refractivity contribution is -0.137. The first-order valence-corrected chi connectivity index (χ1v) is 11.3. The number of halogens is 2. The van der Waals surface area contributed by atoms with Gasteiger partial charge in [0, 0.05) is 11.6 Å². The van der Waals surface area contributed by atoms with Crippen molar-refractivity contribution in [1.29, 1.82) is 0 Å². The number of aryl methyl sites for hydroxylation is 1. The number of benzene rings is 2. The summed E-state index contributed by atoms with van der Waals surface area (Å²) in [4.78, 5) is 25.0. The second kappa shape index (κ2) is 9.58. The zero-order valence-corrected chi connectivity index (χ0v) is 18.9. The van der Waals surface area contributed by atoms with Crippen molar-refractivity contribution in [3.05, 3.63) is 59.7 Å². The van der Waals surface area contributed by atoms with Crippen LogP contribution in [0.5, 0.6) is 11.5 Å². The highest BCUT2D eigenvalue weighted by Gasteiger charge is 2.55. The summed E-state index contributed by atoms with van der Waals surface area (Å²) in [5.74, 6) is -2.14. The molecule has 0 radical (unpaired) electrons. The predicted molar refractivity (Wildman–Crippen MR) is 119 cm³/mol. The second-order valence-corrected chi connectivity index (χ2v) is 9.22. The number of amides is 2. The largest absolute Gasteiger partial charge is 0.484 e. The first-order chi connectivity index (χ1) is 16.2. The molecular formula is C25H28F2N2O5. The second-order valence-electron chi connectivity index (χ2n) is 9.22. The van der Waals surface area contributed by atoms with E-state index in [4.69, 9.17) is 9.47 Å². The number of carbonyl (C=O) groups is 2. The van der Waals surface area contributed by atoms with E-state index in [0.29, 0.717) is 37.9 Å². The molecule has 0 heterocycles. The van der Waals surface area contributed by atoms with Crippen molar-refractivity contribution < 1.29 is 33.0 Å². The van der Waals surface area contributed by atoms with Crippen LogP contribution >= 0.6 is 0 Å². The van der Waals surface area contributed by atoms with Gasteiger partial charge in [0.1, 0.15) is 11.5 Å². The quantitative estimate of drug-likeness (QED) is 0.547. The third kappa shape index (κ3) is 5.30. The molecule has 0 aliphatic heterocycles. The molecule has 3 aliphatic carbocycles. The Morgan fingerprint density at radius 3 is 2.12 bits per heavy atom. The summed E-state index contributed by atoms with van der Waals surface area (Å²) in [5.41, 5.74) is -0.248. The smallest absolute Gasteiger partial charge is 0.258 e. The van der Waals surface area contributed by atoms with Crippen LogP contribution in [0.3, 0.4) is 0 Å². The topological polar surface area (TPSA) is 96.9 Å². The summed E-state index contributed by atoms with van der Waals surface area (Å²) in [6, 6.07) is 10.4. The third-order valence-corrected chi connectivity index (χ3v) is 6.77. The van der Waals surface area contributed by atoms with Gasteiger partial charge in [-0.15, -0.1) is 0 Å². The van der Waals surface area contributed by atoms with E-state index in [9.17, 15) is 23.5 Å². The van der Waals surface area contributed by atoms with Crippen LogP contribution < -0.4 is 20.1 Å². The number of nitrogens with one attached hydrogen (secondary N) is 2. The zero-order chi connectivity index (χ0) is 24.3. The molecule has 3 saturated carbocycles. The SMILES string of the molecule is Cc1ccc(OCC(=O)NC23CCC(NC(=O)COc4ccc(F)c(F)c4)(CC2)[C@@H](O)C3)cc1.